The van der Waals surface area contributed by atoms with Crippen molar-refractivity contribution >= 4 is 18.9 Å². The van der Waals surface area contributed by atoms with Crippen LogP contribution in [-0.4, -0.2) is 23.6 Å². The summed E-state index contributed by atoms with van der Waals surface area (Å²) in [6.07, 6.45) is 0. The molecule has 11 heavy (non-hydrogen) atoms. The zero-order chi connectivity index (χ0) is 8.27. The molecule has 0 aliphatic rings. The van der Waals surface area contributed by atoms with Crippen molar-refractivity contribution in [2.24, 2.45) is 0 Å². The van der Waals surface area contributed by atoms with Gasteiger partial charge in [0.1, 0.15) is 0 Å². The molecule has 2 N–H and O–H groups in total. The number of carboxylic acids is 1. The molecule has 0 atom stereocenters. The maximum Gasteiger partial charge on any atom is 0.335 e. The van der Waals surface area contributed by atoms with Gasteiger partial charge in [-0.2, -0.15) is 0 Å². The van der Waals surface area contributed by atoms with E-state index in [9.17, 15) is 4.79 Å². The quantitative estimate of drug-likeness (QED) is 0.563. The van der Waals surface area contributed by atoms with E-state index in [1.807, 2.05) is 0 Å². The molecule has 1 radical (unpaired) electrons. The molecular formula is C7H6BO3. The van der Waals surface area contributed by atoms with Crippen molar-refractivity contribution in [1.29, 1.82) is 0 Å². The van der Waals surface area contributed by atoms with Gasteiger partial charge in [-0.15, -0.1) is 0 Å². The molecule has 0 heterocycles. The number of hydrogen-bond donors (Lipinski definition) is 2. The van der Waals surface area contributed by atoms with Gasteiger partial charge in [0.15, 0.2) is 0 Å². The fraction of sp³-hybridized carbons (Fsp3) is 0. The molecule has 0 spiro atoms. The van der Waals surface area contributed by atoms with Gasteiger partial charge >= 0.3 is 13.5 Å². The Morgan fingerprint density at radius 3 is 2.18 bits per heavy atom. The standard InChI is InChI=1S/C7H6BO3/c9-7(10)5-1-3-6(8-11)4-2-5/h1-4,11H,(H,9,10). The van der Waals surface area contributed by atoms with Crippen LogP contribution in [0.4, 0.5) is 0 Å². The van der Waals surface area contributed by atoms with Gasteiger partial charge in [-0.05, 0) is 12.1 Å². The molecule has 0 amide bonds. The van der Waals surface area contributed by atoms with E-state index >= 15 is 0 Å². The summed E-state index contributed by atoms with van der Waals surface area (Å²) in [6.45, 7) is 0. The maximum atomic E-state index is 10.3. The van der Waals surface area contributed by atoms with Gasteiger partial charge in [0.05, 0.1) is 5.56 Å². The summed E-state index contributed by atoms with van der Waals surface area (Å²) < 4.78 is 0. The van der Waals surface area contributed by atoms with Crippen molar-refractivity contribution in [3.8, 4) is 0 Å². The summed E-state index contributed by atoms with van der Waals surface area (Å²) in [4.78, 5) is 10.3. The Balaban J connectivity index is 2.91. The highest BCUT2D eigenvalue weighted by molar-refractivity contribution is 6.45. The van der Waals surface area contributed by atoms with Crippen LogP contribution in [0.1, 0.15) is 10.4 Å². The van der Waals surface area contributed by atoms with E-state index in [0.29, 0.717) is 5.46 Å². The van der Waals surface area contributed by atoms with Crippen molar-refractivity contribution in [3.63, 3.8) is 0 Å². The molecule has 0 aliphatic heterocycles. The summed E-state index contributed by atoms with van der Waals surface area (Å²) in [5.41, 5.74) is 0.811. The first-order valence-electron chi connectivity index (χ1n) is 3.05. The van der Waals surface area contributed by atoms with Crippen LogP contribution >= 0.6 is 0 Å². The average molecular weight is 149 g/mol. The summed E-state index contributed by atoms with van der Waals surface area (Å²) >= 11 is 0. The molecule has 0 aliphatic carbocycles. The summed E-state index contributed by atoms with van der Waals surface area (Å²) in [5.74, 6) is -0.963. The van der Waals surface area contributed by atoms with Crippen LogP contribution in [0.2, 0.25) is 0 Å². The van der Waals surface area contributed by atoms with Crippen LogP contribution in [0.5, 0.6) is 0 Å². The third-order valence-electron chi connectivity index (χ3n) is 1.31. The van der Waals surface area contributed by atoms with Gasteiger partial charge in [0, 0.05) is 0 Å². The van der Waals surface area contributed by atoms with Crippen LogP contribution in [0.15, 0.2) is 24.3 Å². The van der Waals surface area contributed by atoms with Crippen LogP contribution in [0.25, 0.3) is 0 Å². The van der Waals surface area contributed by atoms with Crippen LogP contribution in [0, 0.1) is 0 Å². The van der Waals surface area contributed by atoms with Crippen molar-refractivity contribution < 1.29 is 14.9 Å². The van der Waals surface area contributed by atoms with E-state index in [4.69, 9.17) is 10.1 Å². The Hall–Kier alpha value is -1.29. The minimum Gasteiger partial charge on any atom is -0.478 e. The molecule has 1 aromatic rings. The number of rotatable bonds is 2. The zero-order valence-electron chi connectivity index (χ0n) is 5.69. The fourth-order valence-corrected chi connectivity index (χ4v) is 0.712. The van der Waals surface area contributed by atoms with E-state index < -0.39 is 5.97 Å². The lowest BCUT2D eigenvalue weighted by Gasteiger charge is -1.94. The number of carboxylic acid groups (broad SMARTS) is 1. The molecule has 0 unspecified atom stereocenters. The molecule has 0 saturated heterocycles. The number of carbonyl (C=O) groups is 1. The monoisotopic (exact) mass is 149 g/mol. The minimum atomic E-state index is -0.963. The molecule has 3 nitrogen and oxygen atoms in total. The Morgan fingerprint density at radius 2 is 1.82 bits per heavy atom. The second-order valence-electron chi connectivity index (χ2n) is 2.06. The molecule has 0 bridgehead atoms. The van der Waals surface area contributed by atoms with Gasteiger partial charge in [-0.1, -0.05) is 17.6 Å². The minimum absolute atomic E-state index is 0.218. The van der Waals surface area contributed by atoms with E-state index in [1.165, 1.54) is 24.3 Å². The van der Waals surface area contributed by atoms with Gasteiger partial charge in [0.25, 0.3) is 0 Å². The Morgan fingerprint density at radius 1 is 1.27 bits per heavy atom. The van der Waals surface area contributed by atoms with Gasteiger partial charge in [-0.3, -0.25) is 0 Å². The van der Waals surface area contributed by atoms with E-state index in [1.54, 1.807) is 0 Å². The Kier molecular flexibility index (Phi) is 2.28. The highest BCUT2D eigenvalue weighted by Crippen LogP contribution is 1.95. The second kappa shape index (κ2) is 3.21. The highest BCUT2D eigenvalue weighted by atomic mass is 16.4. The number of aromatic carboxylic acids is 1. The Bertz CT molecular complexity index is 255. The lowest BCUT2D eigenvalue weighted by Crippen LogP contribution is -2.13. The van der Waals surface area contributed by atoms with Crippen molar-refractivity contribution in [2.75, 3.05) is 0 Å². The average Bonchev–Trinajstić information content (AvgIpc) is 2.05. The third kappa shape index (κ3) is 1.81. The van der Waals surface area contributed by atoms with E-state index in [0.717, 1.165) is 7.48 Å². The third-order valence-corrected chi connectivity index (χ3v) is 1.31. The highest BCUT2D eigenvalue weighted by Gasteiger charge is 2.00. The first kappa shape index (κ1) is 7.82. The van der Waals surface area contributed by atoms with Crippen molar-refractivity contribution in [3.05, 3.63) is 29.8 Å². The SMILES string of the molecule is O=C(O)c1ccc([B]O)cc1. The molecule has 0 fully saturated rings. The summed E-state index contributed by atoms with van der Waals surface area (Å²) in [7, 11) is 0.922. The Labute approximate surface area is 64.6 Å². The first-order valence-corrected chi connectivity index (χ1v) is 3.05. The van der Waals surface area contributed by atoms with Gasteiger partial charge < -0.3 is 10.1 Å². The summed E-state index contributed by atoms with van der Waals surface area (Å²) in [6, 6.07) is 5.93. The second-order valence-corrected chi connectivity index (χ2v) is 2.06. The normalized spacial score (nSPS) is 9.18. The van der Waals surface area contributed by atoms with Gasteiger partial charge in [-0.25, -0.2) is 4.79 Å². The summed E-state index contributed by atoms with van der Waals surface area (Å²) in [5, 5.41) is 17.0. The smallest absolute Gasteiger partial charge is 0.335 e. The number of hydrogen-bond acceptors (Lipinski definition) is 2. The molecule has 1 aromatic carbocycles. The van der Waals surface area contributed by atoms with Crippen LogP contribution in [0.3, 0.4) is 0 Å². The fourth-order valence-electron chi connectivity index (χ4n) is 0.712. The van der Waals surface area contributed by atoms with Crippen LogP contribution < -0.4 is 5.46 Å². The zero-order valence-corrected chi connectivity index (χ0v) is 5.69. The van der Waals surface area contributed by atoms with Crippen LogP contribution in [-0.2, 0) is 0 Å². The first-order chi connectivity index (χ1) is 5.24. The maximum absolute atomic E-state index is 10.3. The molecule has 0 aromatic heterocycles. The van der Waals surface area contributed by atoms with E-state index in [-0.39, 0.29) is 5.56 Å². The molecule has 1 rings (SSSR count). The van der Waals surface area contributed by atoms with Crippen molar-refractivity contribution in [2.45, 2.75) is 0 Å². The molecule has 4 heteroatoms. The van der Waals surface area contributed by atoms with E-state index in [2.05, 4.69) is 0 Å². The van der Waals surface area contributed by atoms with Crippen molar-refractivity contribution in [1.82, 2.24) is 0 Å². The topological polar surface area (TPSA) is 57.5 Å². The predicted octanol–water partition coefficient (Wildman–Crippen LogP) is -0.378. The molecule has 0 saturated carbocycles. The lowest BCUT2D eigenvalue weighted by molar-refractivity contribution is 0.0697. The van der Waals surface area contributed by atoms with Gasteiger partial charge in [0.2, 0.25) is 0 Å². The molecular weight excluding hydrogens is 143 g/mol. The predicted molar refractivity (Wildman–Crippen MR) is 41.0 cm³/mol. The molecule has 55 valence electrons. The lowest BCUT2D eigenvalue weighted by atomic mass is 9.88. The number of benzene rings is 1. The largest absolute Gasteiger partial charge is 0.478 e.